The first-order chi connectivity index (χ1) is 13.9. The molecule has 0 spiro atoms. The van der Waals surface area contributed by atoms with Crippen molar-refractivity contribution in [1.29, 1.82) is 0 Å². The molecule has 0 amide bonds. The Labute approximate surface area is 171 Å². The third-order valence-electron chi connectivity index (χ3n) is 5.15. The molecule has 1 aromatic carbocycles. The van der Waals surface area contributed by atoms with Crippen molar-refractivity contribution in [3.63, 3.8) is 0 Å². The predicted octanol–water partition coefficient (Wildman–Crippen LogP) is 3.59. The highest BCUT2D eigenvalue weighted by molar-refractivity contribution is 5.51. The number of aryl methyl sites for hydroxylation is 1. The number of nitrogens with zero attached hydrogens (tertiary/aromatic N) is 5. The molecule has 1 aliphatic rings. The number of rotatable bonds is 5. The van der Waals surface area contributed by atoms with Crippen LogP contribution in [0.4, 0.5) is 5.69 Å². The van der Waals surface area contributed by atoms with Crippen LogP contribution in [0.25, 0.3) is 11.8 Å². The van der Waals surface area contributed by atoms with E-state index in [1.165, 1.54) is 15.9 Å². The molecule has 29 heavy (non-hydrogen) atoms. The van der Waals surface area contributed by atoms with Crippen molar-refractivity contribution in [2.45, 2.75) is 20.8 Å². The maximum Gasteiger partial charge on any atom is 0.354 e. The second-order valence-corrected chi connectivity index (χ2v) is 8.26. The van der Waals surface area contributed by atoms with Crippen molar-refractivity contribution >= 4 is 17.5 Å². The van der Waals surface area contributed by atoms with E-state index in [1.807, 2.05) is 18.2 Å². The second-order valence-electron chi connectivity index (χ2n) is 8.26. The first-order valence-electron chi connectivity index (χ1n) is 9.92. The Kier molecular flexibility index (Phi) is 5.01. The quantitative estimate of drug-likeness (QED) is 0.669. The van der Waals surface area contributed by atoms with Gasteiger partial charge in [-0.2, -0.15) is 4.68 Å². The zero-order valence-corrected chi connectivity index (χ0v) is 17.2. The first-order valence-corrected chi connectivity index (χ1v) is 9.92. The van der Waals surface area contributed by atoms with Gasteiger partial charge < -0.3 is 9.80 Å². The van der Waals surface area contributed by atoms with Gasteiger partial charge in [0, 0.05) is 55.5 Å². The van der Waals surface area contributed by atoms with Gasteiger partial charge in [0.25, 0.3) is 0 Å². The molecule has 6 heteroatoms. The van der Waals surface area contributed by atoms with Crippen molar-refractivity contribution in [2.24, 2.45) is 5.41 Å². The molecule has 2 aromatic heterocycles. The third kappa shape index (κ3) is 4.26. The summed E-state index contributed by atoms with van der Waals surface area (Å²) in [5.41, 5.74) is 2.89. The zero-order valence-electron chi connectivity index (χ0n) is 17.2. The minimum absolute atomic E-state index is 0.106. The molecule has 0 saturated heterocycles. The summed E-state index contributed by atoms with van der Waals surface area (Å²) in [6.45, 7) is 9.23. The van der Waals surface area contributed by atoms with Gasteiger partial charge in [-0.3, -0.25) is 0 Å². The Balaban J connectivity index is 1.43. The number of hydrogen-bond acceptors (Lipinski definition) is 4. The summed E-state index contributed by atoms with van der Waals surface area (Å²) in [7, 11) is 0. The van der Waals surface area contributed by atoms with Crippen LogP contribution in [0.3, 0.4) is 0 Å². The number of aromatic nitrogens is 3. The Morgan fingerprint density at radius 1 is 1.10 bits per heavy atom. The predicted molar refractivity (Wildman–Crippen MR) is 118 cm³/mol. The topological polar surface area (TPSA) is 45.8 Å². The molecule has 4 rings (SSSR count). The molecule has 0 radical (unpaired) electrons. The van der Waals surface area contributed by atoms with Crippen LogP contribution in [-0.2, 0) is 0 Å². The maximum atomic E-state index is 12.4. The molecular weight excluding hydrogens is 362 g/mol. The zero-order chi connectivity index (χ0) is 20.4. The Morgan fingerprint density at radius 3 is 2.69 bits per heavy atom. The Morgan fingerprint density at radius 2 is 1.97 bits per heavy atom. The fourth-order valence-electron chi connectivity index (χ4n) is 3.60. The average Bonchev–Trinajstić information content (AvgIpc) is 3.03. The fourth-order valence-corrected chi connectivity index (χ4v) is 3.60. The highest BCUT2D eigenvalue weighted by Crippen LogP contribution is 2.23. The smallest absolute Gasteiger partial charge is 0.354 e. The molecule has 0 N–H and O–H groups in total. The molecule has 3 aromatic rings. The lowest BCUT2D eigenvalue weighted by Crippen LogP contribution is -2.39. The summed E-state index contributed by atoms with van der Waals surface area (Å²) in [6.07, 6.45) is 9.87. The van der Waals surface area contributed by atoms with E-state index in [2.05, 4.69) is 78.4 Å². The SMILES string of the molecule is Cc1cccc(N2C=CN(CC(C)(C)C=Cn3nc4ccccn4c3=O)CC2)c1. The van der Waals surface area contributed by atoms with Crippen molar-refractivity contribution in [3.05, 3.63) is 83.2 Å². The largest absolute Gasteiger partial charge is 0.374 e. The van der Waals surface area contributed by atoms with E-state index in [0.29, 0.717) is 5.65 Å². The van der Waals surface area contributed by atoms with Gasteiger partial charge in [0.05, 0.1) is 0 Å². The van der Waals surface area contributed by atoms with Crippen molar-refractivity contribution in [1.82, 2.24) is 19.1 Å². The molecule has 1 aliphatic heterocycles. The minimum Gasteiger partial charge on any atom is -0.374 e. The van der Waals surface area contributed by atoms with Gasteiger partial charge in [0.2, 0.25) is 0 Å². The van der Waals surface area contributed by atoms with Crippen LogP contribution in [0.15, 0.2) is 71.9 Å². The molecule has 0 aliphatic carbocycles. The normalized spacial score (nSPS) is 15.0. The molecule has 6 nitrogen and oxygen atoms in total. The number of pyridine rings is 1. The number of hydrogen-bond donors (Lipinski definition) is 0. The summed E-state index contributed by atoms with van der Waals surface area (Å²) < 4.78 is 2.95. The number of benzene rings is 1. The highest BCUT2D eigenvalue weighted by atomic mass is 16.2. The highest BCUT2D eigenvalue weighted by Gasteiger charge is 2.20. The second kappa shape index (κ2) is 7.62. The summed E-state index contributed by atoms with van der Waals surface area (Å²) in [5.74, 6) is 0. The van der Waals surface area contributed by atoms with Crippen LogP contribution in [0, 0.1) is 12.3 Å². The molecular formula is C23H27N5O. The van der Waals surface area contributed by atoms with Gasteiger partial charge in [-0.1, -0.05) is 38.1 Å². The Bertz CT molecular complexity index is 1120. The lowest BCUT2D eigenvalue weighted by Gasteiger charge is -2.35. The van der Waals surface area contributed by atoms with Crippen molar-refractivity contribution in [3.8, 4) is 0 Å². The average molecular weight is 390 g/mol. The fraction of sp³-hybridized carbons (Fsp3) is 0.304. The molecule has 0 bridgehead atoms. The van der Waals surface area contributed by atoms with Crippen LogP contribution in [0.5, 0.6) is 0 Å². The van der Waals surface area contributed by atoms with Crippen LogP contribution in [-0.4, -0.2) is 38.7 Å². The van der Waals surface area contributed by atoms with Crippen LogP contribution >= 0.6 is 0 Å². The Hall–Kier alpha value is -3.28. The minimum atomic E-state index is -0.153. The van der Waals surface area contributed by atoms with Gasteiger partial charge in [0.15, 0.2) is 5.65 Å². The third-order valence-corrected chi connectivity index (χ3v) is 5.15. The summed E-state index contributed by atoms with van der Waals surface area (Å²) in [5, 5.41) is 4.36. The summed E-state index contributed by atoms with van der Waals surface area (Å²) in [6, 6.07) is 14.1. The molecule has 0 fully saturated rings. The summed E-state index contributed by atoms with van der Waals surface area (Å²) >= 11 is 0. The standard InChI is InChI=1S/C23H27N5O/c1-19-7-6-8-20(17-19)26-15-13-25(14-16-26)18-23(2,3)10-12-28-22(29)27-11-5-4-9-21(27)24-28/h4-13,15,17H,14,16,18H2,1-3H3. The van der Waals surface area contributed by atoms with Gasteiger partial charge in [-0.05, 0) is 36.8 Å². The molecule has 3 heterocycles. The van der Waals surface area contributed by atoms with E-state index >= 15 is 0 Å². The molecule has 0 atom stereocenters. The van der Waals surface area contributed by atoms with Crippen molar-refractivity contribution < 1.29 is 0 Å². The van der Waals surface area contributed by atoms with Gasteiger partial charge in [-0.15, -0.1) is 5.10 Å². The van der Waals surface area contributed by atoms with E-state index in [9.17, 15) is 4.79 Å². The van der Waals surface area contributed by atoms with Crippen molar-refractivity contribution in [2.75, 3.05) is 24.5 Å². The molecule has 0 unspecified atom stereocenters. The van der Waals surface area contributed by atoms with Crippen LogP contribution < -0.4 is 10.6 Å². The van der Waals surface area contributed by atoms with Gasteiger partial charge in [-0.25, -0.2) is 9.20 Å². The van der Waals surface area contributed by atoms with Gasteiger partial charge >= 0.3 is 5.69 Å². The van der Waals surface area contributed by atoms with Crippen LogP contribution in [0.1, 0.15) is 19.4 Å². The number of fused-ring (bicyclic) bond motifs is 1. The summed E-state index contributed by atoms with van der Waals surface area (Å²) in [4.78, 5) is 17.0. The van der Waals surface area contributed by atoms with E-state index in [1.54, 1.807) is 16.8 Å². The molecule has 150 valence electrons. The van der Waals surface area contributed by atoms with E-state index < -0.39 is 0 Å². The van der Waals surface area contributed by atoms with E-state index in [-0.39, 0.29) is 11.1 Å². The van der Waals surface area contributed by atoms with Gasteiger partial charge in [0.1, 0.15) is 0 Å². The van der Waals surface area contributed by atoms with E-state index in [4.69, 9.17) is 0 Å². The molecule has 0 saturated carbocycles. The van der Waals surface area contributed by atoms with Crippen LogP contribution in [0.2, 0.25) is 0 Å². The van der Waals surface area contributed by atoms with E-state index in [0.717, 1.165) is 19.6 Å². The number of anilines is 1. The maximum absolute atomic E-state index is 12.4. The monoisotopic (exact) mass is 389 g/mol. The lowest BCUT2D eigenvalue weighted by atomic mass is 9.92. The first kappa shape index (κ1) is 19.1. The lowest BCUT2D eigenvalue weighted by molar-refractivity contribution is 0.276.